The summed E-state index contributed by atoms with van der Waals surface area (Å²) < 4.78 is 121. The number of carbonyl (C=O) groups is 2. The Kier molecular flexibility index (Phi) is 7.89. The molecular weight excluding hydrogens is 493 g/mol. The third-order valence-electron chi connectivity index (χ3n) is 3.65. The summed E-state index contributed by atoms with van der Waals surface area (Å²) in [4.78, 5) is 28.6. The number of benzene rings is 2. The molecule has 0 heterocycles. The van der Waals surface area contributed by atoms with E-state index in [0.717, 1.165) is 18.2 Å². The monoisotopic (exact) mass is 505 g/mol. The molecule has 15 heteroatoms. The normalized spacial score (nSPS) is 12.1. The maximum Gasteiger partial charge on any atom is 0.422 e. The van der Waals surface area contributed by atoms with E-state index in [-0.39, 0.29) is 0 Å². The third kappa shape index (κ3) is 8.37. The zero-order valence-electron chi connectivity index (χ0n) is 16.4. The summed E-state index contributed by atoms with van der Waals surface area (Å²) in [6, 6.07) is 4.97. The van der Waals surface area contributed by atoms with Crippen molar-refractivity contribution in [3.8, 4) is 11.5 Å². The van der Waals surface area contributed by atoms with Gasteiger partial charge in [-0.2, -0.15) is 45.0 Å². The summed E-state index contributed by atoms with van der Waals surface area (Å²) in [5.41, 5.74) is -1.17. The molecule has 0 saturated carbocycles. The average Bonchev–Trinajstić information content (AvgIpc) is 2.73. The second-order valence-corrected chi connectivity index (χ2v) is 6.36. The summed E-state index contributed by atoms with van der Waals surface area (Å²) in [5, 5.41) is 0. The van der Waals surface area contributed by atoms with Crippen molar-refractivity contribution in [2.75, 3.05) is 13.2 Å². The number of nitrogens with one attached hydrogen (secondary N) is 1. The van der Waals surface area contributed by atoms with Crippen LogP contribution in [0.25, 0.3) is 0 Å². The maximum absolute atomic E-state index is 12.7. The average molecular weight is 505 g/mol. The van der Waals surface area contributed by atoms with Crippen LogP contribution >= 0.6 is 0 Å². The molecule has 2 rings (SSSR count). The molecule has 34 heavy (non-hydrogen) atoms. The molecule has 186 valence electrons. The van der Waals surface area contributed by atoms with Gasteiger partial charge in [-0.15, -0.1) is 0 Å². The number of amides is 1. The van der Waals surface area contributed by atoms with E-state index in [1.54, 1.807) is 0 Å². The van der Waals surface area contributed by atoms with Gasteiger partial charge in [0.25, 0.3) is 5.91 Å². The largest absolute Gasteiger partial charge is 0.484 e. The molecule has 2 aromatic carbocycles. The molecule has 1 amide bonds. The van der Waals surface area contributed by atoms with Crippen LogP contribution in [0.1, 0.15) is 26.3 Å². The SMILES string of the molecule is O=C(ONC(=O)c1cc(OCC(F)(F)F)ccc1OCC(F)(F)F)c1cccc(C(F)(F)F)c1. The first-order chi connectivity index (χ1) is 15.5. The van der Waals surface area contributed by atoms with E-state index < -0.39 is 71.8 Å². The van der Waals surface area contributed by atoms with E-state index in [1.165, 1.54) is 5.48 Å². The Balaban J connectivity index is 2.20. The molecule has 0 atom stereocenters. The van der Waals surface area contributed by atoms with Crippen LogP contribution in [-0.4, -0.2) is 37.4 Å². The first-order valence-corrected chi connectivity index (χ1v) is 8.77. The van der Waals surface area contributed by atoms with E-state index in [2.05, 4.69) is 14.3 Å². The van der Waals surface area contributed by atoms with E-state index in [4.69, 9.17) is 0 Å². The first kappa shape index (κ1) is 26.6. The highest BCUT2D eigenvalue weighted by molar-refractivity contribution is 5.98. The Hall–Kier alpha value is -3.65. The van der Waals surface area contributed by atoms with Gasteiger partial charge in [-0.05, 0) is 36.4 Å². The molecule has 0 aromatic heterocycles. The van der Waals surface area contributed by atoms with Gasteiger partial charge in [0.15, 0.2) is 13.2 Å². The van der Waals surface area contributed by atoms with Crippen LogP contribution in [0.4, 0.5) is 39.5 Å². The Morgan fingerprint density at radius 1 is 0.794 bits per heavy atom. The van der Waals surface area contributed by atoms with Gasteiger partial charge < -0.3 is 14.3 Å². The fraction of sp³-hybridized carbons (Fsp3) is 0.263. The molecule has 0 aliphatic carbocycles. The van der Waals surface area contributed by atoms with Crippen LogP contribution in [0, 0.1) is 0 Å². The van der Waals surface area contributed by atoms with Gasteiger partial charge in [0, 0.05) is 0 Å². The second kappa shape index (κ2) is 10.1. The van der Waals surface area contributed by atoms with Crippen LogP contribution in [-0.2, 0) is 11.0 Å². The molecule has 0 fully saturated rings. The predicted molar refractivity (Wildman–Crippen MR) is 93.9 cm³/mol. The quantitative estimate of drug-likeness (QED) is 0.438. The standard InChI is InChI=1S/C19H12F9NO5/c20-17(21,22)8-32-12-4-5-14(33-9-18(23,24)25)13(7-12)15(30)29-34-16(31)10-2-1-3-11(6-10)19(26,27)28/h1-7H,8-9H2,(H,29,30). The summed E-state index contributed by atoms with van der Waals surface area (Å²) in [7, 11) is 0. The number of carbonyl (C=O) groups excluding carboxylic acids is 2. The zero-order chi connectivity index (χ0) is 25.7. The molecule has 0 saturated heterocycles. The van der Waals surface area contributed by atoms with E-state index in [9.17, 15) is 49.1 Å². The minimum Gasteiger partial charge on any atom is -0.484 e. The number of hydrogen-bond donors (Lipinski definition) is 1. The Labute approximate surface area is 184 Å². The first-order valence-electron chi connectivity index (χ1n) is 8.77. The number of halogens is 9. The summed E-state index contributed by atoms with van der Waals surface area (Å²) in [5.74, 6) is -4.29. The molecular formula is C19H12F9NO5. The lowest BCUT2D eigenvalue weighted by Gasteiger charge is -2.15. The molecule has 0 unspecified atom stereocenters. The van der Waals surface area contributed by atoms with Gasteiger partial charge in [0.2, 0.25) is 0 Å². The highest BCUT2D eigenvalue weighted by atomic mass is 19.4. The molecule has 0 aliphatic heterocycles. The molecule has 2 aromatic rings. The smallest absolute Gasteiger partial charge is 0.422 e. The zero-order valence-corrected chi connectivity index (χ0v) is 16.4. The highest BCUT2D eigenvalue weighted by Gasteiger charge is 2.32. The fourth-order valence-corrected chi connectivity index (χ4v) is 2.26. The Morgan fingerprint density at radius 3 is 2.00 bits per heavy atom. The van der Waals surface area contributed by atoms with Crippen molar-refractivity contribution in [1.82, 2.24) is 5.48 Å². The fourth-order valence-electron chi connectivity index (χ4n) is 2.26. The highest BCUT2D eigenvalue weighted by Crippen LogP contribution is 2.30. The van der Waals surface area contributed by atoms with Gasteiger partial charge in [-0.1, -0.05) is 6.07 Å². The second-order valence-electron chi connectivity index (χ2n) is 6.36. The minimum absolute atomic E-state index is 0.415. The summed E-state index contributed by atoms with van der Waals surface area (Å²) in [6.07, 6.45) is -14.4. The van der Waals surface area contributed by atoms with Crippen LogP contribution in [0.5, 0.6) is 11.5 Å². The van der Waals surface area contributed by atoms with E-state index >= 15 is 0 Å². The lowest BCUT2D eigenvalue weighted by Crippen LogP contribution is -2.28. The van der Waals surface area contributed by atoms with Crippen LogP contribution in [0.3, 0.4) is 0 Å². The van der Waals surface area contributed by atoms with Crippen molar-refractivity contribution >= 4 is 11.9 Å². The Bertz CT molecular complexity index is 1030. The van der Waals surface area contributed by atoms with Crippen molar-refractivity contribution in [2.24, 2.45) is 0 Å². The molecule has 6 nitrogen and oxygen atoms in total. The van der Waals surface area contributed by atoms with Crippen molar-refractivity contribution < 1.29 is 63.4 Å². The molecule has 0 radical (unpaired) electrons. The van der Waals surface area contributed by atoms with Crippen molar-refractivity contribution in [3.63, 3.8) is 0 Å². The number of hydrogen-bond acceptors (Lipinski definition) is 5. The van der Waals surface area contributed by atoms with E-state index in [1.807, 2.05) is 0 Å². The van der Waals surface area contributed by atoms with Gasteiger partial charge in [-0.3, -0.25) is 4.79 Å². The molecule has 0 spiro atoms. The topological polar surface area (TPSA) is 73.9 Å². The maximum atomic E-state index is 12.7. The van der Waals surface area contributed by atoms with Crippen molar-refractivity contribution in [3.05, 3.63) is 59.2 Å². The van der Waals surface area contributed by atoms with Crippen molar-refractivity contribution in [2.45, 2.75) is 18.5 Å². The number of rotatable bonds is 6. The Morgan fingerprint density at radius 2 is 1.41 bits per heavy atom. The van der Waals surface area contributed by atoms with Gasteiger partial charge in [-0.25, -0.2) is 4.79 Å². The lowest BCUT2D eigenvalue weighted by atomic mass is 10.1. The lowest BCUT2D eigenvalue weighted by molar-refractivity contribution is -0.154. The van der Waals surface area contributed by atoms with Crippen LogP contribution < -0.4 is 15.0 Å². The molecule has 1 N–H and O–H groups in total. The van der Waals surface area contributed by atoms with Gasteiger partial charge in [0.1, 0.15) is 11.5 Å². The van der Waals surface area contributed by atoms with Gasteiger partial charge >= 0.3 is 24.5 Å². The minimum atomic E-state index is -4.84. The van der Waals surface area contributed by atoms with Crippen LogP contribution in [0.2, 0.25) is 0 Å². The third-order valence-corrected chi connectivity index (χ3v) is 3.65. The van der Waals surface area contributed by atoms with Gasteiger partial charge in [0.05, 0.1) is 16.7 Å². The number of hydroxylamine groups is 1. The van der Waals surface area contributed by atoms with Crippen LogP contribution in [0.15, 0.2) is 42.5 Å². The summed E-state index contributed by atoms with van der Waals surface area (Å²) in [6.45, 7) is -3.67. The predicted octanol–water partition coefficient (Wildman–Crippen LogP) is 5.09. The number of alkyl halides is 9. The van der Waals surface area contributed by atoms with E-state index in [0.29, 0.717) is 24.3 Å². The molecule has 0 aliphatic rings. The molecule has 0 bridgehead atoms. The number of ether oxygens (including phenoxy) is 2. The van der Waals surface area contributed by atoms with Crippen molar-refractivity contribution in [1.29, 1.82) is 0 Å². The summed E-state index contributed by atoms with van der Waals surface area (Å²) >= 11 is 0.